The van der Waals surface area contributed by atoms with Crippen LogP contribution in [-0.2, 0) is 9.53 Å². The molecule has 2 heterocycles. The minimum Gasteiger partial charge on any atom is -0.446 e. The van der Waals surface area contributed by atoms with E-state index in [1.54, 1.807) is 4.68 Å². The summed E-state index contributed by atoms with van der Waals surface area (Å²) in [6, 6.07) is 26.7. The van der Waals surface area contributed by atoms with E-state index in [-0.39, 0.29) is 5.91 Å². The highest BCUT2D eigenvalue weighted by molar-refractivity contribution is 6.30. The van der Waals surface area contributed by atoms with Gasteiger partial charge < -0.3 is 4.74 Å². The third kappa shape index (κ3) is 3.76. The average molecular weight is 443 g/mol. The molecule has 1 aromatic heterocycles. The van der Waals surface area contributed by atoms with Crippen molar-refractivity contribution in [3.05, 3.63) is 107 Å². The molecule has 1 unspecified atom stereocenters. The number of nitrogens with zero attached hydrogens (tertiary/aromatic N) is 4. The normalized spacial score (nSPS) is 15.4. The molecule has 0 spiro atoms. The SMILES string of the molecule is CC(=O)N1N=C(c2ccccc2)OC1c1cn(-c2ccccc2)nc1-c1ccc(Cl)cc1. The van der Waals surface area contributed by atoms with Crippen LogP contribution in [0.1, 0.15) is 24.3 Å². The first kappa shape index (κ1) is 20.0. The number of aromatic nitrogens is 2. The largest absolute Gasteiger partial charge is 0.446 e. The van der Waals surface area contributed by atoms with E-state index >= 15 is 0 Å². The number of carbonyl (C=O) groups is 1. The van der Waals surface area contributed by atoms with Gasteiger partial charge in [-0.3, -0.25) is 4.79 Å². The molecular formula is C25H19ClN4O2. The lowest BCUT2D eigenvalue weighted by Gasteiger charge is -2.19. The van der Waals surface area contributed by atoms with Crippen LogP contribution in [-0.4, -0.2) is 26.6 Å². The summed E-state index contributed by atoms with van der Waals surface area (Å²) in [6.45, 7) is 1.47. The van der Waals surface area contributed by atoms with Crippen LogP contribution in [0.5, 0.6) is 0 Å². The Labute approximate surface area is 190 Å². The number of hydrazone groups is 1. The Morgan fingerprint density at radius 1 is 0.906 bits per heavy atom. The van der Waals surface area contributed by atoms with E-state index in [0.717, 1.165) is 22.4 Å². The van der Waals surface area contributed by atoms with E-state index in [1.807, 2.05) is 91.1 Å². The molecular weight excluding hydrogens is 424 g/mol. The molecule has 3 aromatic carbocycles. The lowest BCUT2D eigenvalue weighted by Crippen LogP contribution is -2.25. The first-order valence-corrected chi connectivity index (χ1v) is 10.5. The Morgan fingerprint density at radius 3 is 2.22 bits per heavy atom. The van der Waals surface area contributed by atoms with Gasteiger partial charge in [-0.15, -0.1) is 5.10 Å². The van der Waals surface area contributed by atoms with Gasteiger partial charge >= 0.3 is 0 Å². The third-order valence-corrected chi connectivity index (χ3v) is 5.39. The summed E-state index contributed by atoms with van der Waals surface area (Å²) >= 11 is 6.10. The summed E-state index contributed by atoms with van der Waals surface area (Å²) in [4.78, 5) is 12.5. The molecule has 158 valence electrons. The predicted octanol–water partition coefficient (Wildman–Crippen LogP) is 5.43. The van der Waals surface area contributed by atoms with Crippen LogP contribution in [0.25, 0.3) is 16.9 Å². The van der Waals surface area contributed by atoms with Crippen LogP contribution in [0.3, 0.4) is 0 Å². The maximum atomic E-state index is 12.5. The van der Waals surface area contributed by atoms with Crippen LogP contribution in [0.15, 0.2) is 96.2 Å². The molecule has 5 rings (SSSR count). The Hall–Kier alpha value is -3.90. The van der Waals surface area contributed by atoms with Gasteiger partial charge in [0.1, 0.15) is 5.69 Å². The lowest BCUT2D eigenvalue weighted by molar-refractivity contribution is -0.135. The first-order chi connectivity index (χ1) is 15.6. The number of hydrogen-bond acceptors (Lipinski definition) is 4. The van der Waals surface area contributed by atoms with Crippen molar-refractivity contribution in [2.45, 2.75) is 13.2 Å². The molecule has 0 fully saturated rings. The zero-order valence-electron chi connectivity index (χ0n) is 17.2. The van der Waals surface area contributed by atoms with Crippen LogP contribution in [0, 0.1) is 0 Å². The molecule has 0 radical (unpaired) electrons. The number of para-hydroxylation sites is 1. The van der Waals surface area contributed by atoms with Gasteiger partial charge in [0.05, 0.1) is 11.3 Å². The quantitative estimate of drug-likeness (QED) is 0.423. The van der Waals surface area contributed by atoms with Crippen molar-refractivity contribution in [1.82, 2.24) is 14.8 Å². The van der Waals surface area contributed by atoms with Crippen molar-refractivity contribution in [3.63, 3.8) is 0 Å². The van der Waals surface area contributed by atoms with Crippen LogP contribution >= 0.6 is 11.6 Å². The highest BCUT2D eigenvalue weighted by Gasteiger charge is 2.36. The zero-order chi connectivity index (χ0) is 22.1. The monoisotopic (exact) mass is 442 g/mol. The standard InChI is InChI=1S/C25H19ClN4O2/c1-17(31)30-25(32-24(28-30)19-8-4-2-5-9-19)22-16-29(21-10-6-3-7-11-21)27-23(22)18-12-14-20(26)15-13-18/h2-16,25H,1H3. The Kier molecular flexibility index (Phi) is 5.21. The van der Waals surface area contributed by atoms with E-state index < -0.39 is 6.23 Å². The summed E-state index contributed by atoms with van der Waals surface area (Å²) in [5.41, 5.74) is 3.96. The average Bonchev–Trinajstić information content (AvgIpc) is 3.46. The maximum Gasteiger partial charge on any atom is 0.243 e. The van der Waals surface area contributed by atoms with Gasteiger partial charge in [-0.1, -0.05) is 60.1 Å². The summed E-state index contributed by atoms with van der Waals surface area (Å²) in [5, 5.41) is 11.3. The Morgan fingerprint density at radius 2 is 1.56 bits per heavy atom. The molecule has 4 aromatic rings. The van der Waals surface area contributed by atoms with E-state index in [0.29, 0.717) is 16.6 Å². The highest BCUT2D eigenvalue weighted by Crippen LogP contribution is 2.36. The molecule has 6 nitrogen and oxygen atoms in total. The summed E-state index contributed by atoms with van der Waals surface area (Å²) in [5.74, 6) is 0.163. The van der Waals surface area contributed by atoms with E-state index in [9.17, 15) is 4.79 Å². The molecule has 0 aliphatic carbocycles. The van der Waals surface area contributed by atoms with Gasteiger partial charge in [0, 0.05) is 29.3 Å². The van der Waals surface area contributed by atoms with Crippen LogP contribution < -0.4 is 0 Å². The van der Waals surface area contributed by atoms with Crippen LogP contribution in [0.4, 0.5) is 0 Å². The molecule has 0 bridgehead atoms. The van der Waals surface area contributed by atoms with Crippen LogP contribution in [0.2, 0.25) is 5.02 Å². The molecule has 32 heavy (non-hydrogen) atoms. The second-order valence-electron chi connectivity index (χ2n) is 7.33. The number of amides is 1. The van der Waals surface area contributed by atoms with Gasteiger partial charge in [0.15, 0.2) is 0 Å². The third-order valence-electron chi connectivity index (χ3n) is 5.13. The molecule has 1 atom stereocenters. The molecule has 1 aliphatic heterocycles. The van der Waals surface area contributed by atoms with E-state index in [4.69, 9.17) is 21.4 Å². The van der Waals surface area contributed by atoms with Crippen molar-refractivity contribution in [2.24, 2.45) is 5.10 Å². The lowest BCUT2D eigenvalue weighted by atomic mass is 10.1. The zero-order valence-corrected chi connectivity index (χ0v) is 18.0. The summed E-state index contributed by atoms with van der Waals surface area (Å²) < 4.78 is 8.00. The Bertz CT molecular complexity index is 1280. The number of hydrogen-bond donors (Lipinski definition) is 0. The fraction of sp³-hybridized carbons (Fsp3) is 0.0800. The van der Waals surface area contributed by atoms with Crippen molar-refractivity contribution >= 4 is 23.4 Å². The first-order valence-electron chi connectivity index (χ1n) is 10.1. The second-order valence-corrected chi connectivity index (χ2v) is 7.76. The molecule has 0 saturated carbocycles. The summed E-state index contributed by atoms with van der Waals surface area (Å²) in [6.07, 6.45) is 1.13. The van der Waals surface area contributed by atoms with E-state index in [1.165, 1.54) is 11.9 Å². The van der Waals surface area contributed by atoms with Gasteiger partial charge in [0.25, 0.3) is 0 Å². The number of halogens is 1. The smallest absolute Gasteiger partial charge is 0.243 e. The number of ether oxygens (including phenoxy) is 1. The molecule has 7 heteroatoms. The molecule has 0 saturated heterocycles. The fourth-order valence-corrected chi connectivity index (χ4v) is 3.71. The summed E-state index contributed by atoms with van der Waals surface area (Å²) in [7, 11) is 0. The minimum absolute atomic E-state index is 0.226. The second kappa shape index (κ2) is 8.32. The fourth-order valence-electron chi connectivity index (χ4n) is 3.58. The Balaban J connectivity index is 1.62. The van der Waals surface area contributed by atoms with Gasteiger partial charge in [0.2, 0.25) is 18.0 Å². The number of rotatable bonds is 4. The van der Waals surface area contributed by atoms with Crippen molar-refractivity contribution in [2.75, 3.05) is 0 Å². The van der Waals surface area contributed by atoms with E-state index in [2.05, 4.69) is 5.10 Å². The minimum atomic E-state index is -0.745. The molecule has 1 aliphatic rings. The number of benzene rings is 3. The highest BCUT2D eigenvalue weighted by atomic mass is 35.5. The predicted molar refractivity (Wildman–Crippen MR) is 123 cm³/mol. The van der Waals surface area contributed by atoms with Gasteiger partial charge in [-0.2, -0.15) is 10.1 Å². The van der Waals surface area contributed by atoms with Crippen molar-refractivity contribution < 1.29 is 9.53 Å². The van der Waals surface area contributed by atoms with Crippen molar-refractivity contribution in [1.29, 1.82) is 0 Å². The number of carbonyl (C=O) groups excluding carboxylic acids is 1. The van der Waals surface area contributed by atoms with Gasteiger partial charge in [-0.25, -0.2) is 4.68 Å². The maximum absolute atomic E-state index is 12.5. The topological polar surface area (TPSA) is 59.7 Å². The molecule has 0 N–H and O–H groups in total. The molecule has 1 amide bonds. The van der Waals surface area contributed by atoms with Gasteiger partial charge in [-0.05, 0) is 36.4 Å². The van der Waals surface area contributed by atoms with Crippen molar-refractivity contribution in [3.8, 4) is 16.9 Å².